The van der Waals surface area contributed by atoms with E-state index in [4.69, 9.17) is 5.11 Å². The van der Waals surface area contributed by atoms with Crippen molar-refractivity contribution >= 4 is 27.7 Å². The molecule has 0 aliphatic carbocycles. The van der Waals surface area contributed by atoms with Gasteiger partial charge >= 0.3 is 11.8 Å². The highest BCUT2D eigenvalue weighted by Gasteiger charge is 2.19. The lowest BCUT2D eigenvalue weighted by Gasteiger charge is -2.17. The molecule has 3 aromatic rings. The molecule has 0 saturated heterocycles. The molecule has 0 saturated carbocycles. The third-order valence-corrected chi connectivity index (χ3v) is 3.80. The molecule has 0 bridgehead atoms. The Hall–Kier alpha value is -2.61. The zero-order valence-electron chi connectivity index (χ0n) is 12.1. The van der Waals surface area contributed by atoms with Gasteiger partial charge in [-0.2, -0.15) is 0 Å². The van der Waals surface area contributed by atoms with Crippen molar-refractivity contribution in [3.63, 3.8) is 0 Å². The van der Waals surface area contributed by atoms with E-state index in [9.17, 15) is 9.59 Å². The van der Waals surface area contributed by atoms with Crippen LogP contribution in [0.3, 0.4) is 0 Å². The summed E-state index contributed by atoms with van der Waals surface area (Å²) in [5, 5.41) is 11.3. The van der Waals surface area contributed by atoms with Gasteiger partial charge in [-0.05, 0) is 41.1 Å². The summed E-state index contributed by atoms with van der Waals surface area (Å²) in [5.41, 5.74) is 0.745. The molecular weight excluding hydrogens is 364 g/mol. The molecule has 3 rings (SSSR count). The van der Waals surface area contributed by atoms with Gasteiger partial charge in [0.15, 0.2) is 0 Å². The second-order valence-corrected chi connectivity index (χ2v) is 5.90. The summed E-state index contributed by atoms with van der Waals surface area (Å²) in [5.74, 6) is 0.321. The van der Waals surface area contributed by atoms with Crippen LogP contribution in [-0.4, -0.2) is 25.2 Å². The highest BCUT2D eigenvalue weighted by atomic mass is 79.9. The summed E-state index contributed by atoms with van der Waals surface area (Å²) in [6, 6.07) is 10.0. The fourth-order valence-electron chi connectivity index (χ4n) is 2.39. The number of nitrogens with zero attached hydrogens (tertiary/aromatic N) is 3. The third kappa shape index (κ3) is 2.85. The van der Waals surface area contributed by atoms with Gasteiger partial charge in [-0.3, -0.25) is 4.40 Å². The van der Waals surface area contributed by atoms with Crippen LogP contribution < -0.4 is 11.0 Å². The summed E-state index contributed by atoms with van der Waals surface area (Å²) in [6.07, 6.45) is 0.450. The fourth-order valence-corrected chi connectivity index (χ4v) is 2.80. The molecule has 1 atom stereocenters. The molecule has 118 valence electrons. The van der Waals surface area contributed by atoms with Gasteiger partial charge in [-0.15, -0.1) is 0 Å². The first-order valence-corrected chi connectivity index (χ1v) is 7.62. The Kier molecular flexibility index (Phi) is 3.91. The minimum Gasteiger partial charge on any atom is -0.465 e. The van der Waals surface area contributed by atoms with Crippen LogP contribution in [0.4, 0.5) is 4.79 Å². The number of para-hydroxylation sites is 1. The maximum atomic E-state index is 12.8. The number of carboxylic acid groups (broad SMARTS) is 1. The van der Waals surface area contributed by atoms with Crippen molar-refractivity contribution in [1.82, 2.24) is 19.3 Å². The molecule has 2 N–H and O–H groups in total. The smallest absolute Gasteiger partial charge is 0.405 e. The molecule has 8 heteroatoms. The van der Waals surface area contributed by atoms with Crippen LogP contribution >= 0.6 is 15.9 Å². The Bertz CT molecular complexity index is 933. The summed E-state index contributed by atoms with van der Waals surface area (Å²) < 4.78 is 3.53. The van der Waals surface area contributed by atoms with E-state index in [1.54, 1.807) is 43.5 Å². The van der Waals surface area contributed by atoms with Crippen LogP contribution in [0.2, 0.25) is 0 Å². The Morgan fingerprint density at radius 2 is 2.04 bits per heavy atom. The van der Waals surface area contributed by atoms with Crippen molar-refractivity contribution in [2.24, 2.45) is 0 Å². The molecule has 2 aromatic heterocycles. The number of nitrogens with one attached hydrogen (secondary N) is 1. The molecule has 23 heavy (non-hydrogen) atoms. The van der Waals surface area contributed by atoms with Crippen molar-refractivity contribution in [2.75, 3.05) is 0 Å². The molecular formula is C15H13BrN4O3. The molecule has 2 heterocycles. The quantitative estimate of drug-likeness (QED) is 0.734. The fraction of sp³-hybridized carbons (Fsp3) is 0.133. The number of hydrogen-bond donors (Lipinski definition) is 2. The van der Waals surface area contributed by atoms with E-state index in [1.807, 2.05) is 6.07 Å². The maximum absolute atomic E-state index is 12.8. The highest BCUT2D eigenvalue weighted by molar-refractivity contribution is 9.10. The van der Waals surface area contributed by atoms with Crippen molar-refractivity contribution in [3.05, 3.63) is 63.4 Å². The van der Waals surface area contributed by atoms with Crippen LogP contribution in [0.5, 0.6) is 0 Å². The monoisotopic (exact) mass is 376 g/mol. The van der Waals surface area contributed by atoms with Crippen LogP contribution in [0, 0.1) is 0 Å². The average molecular weight is 377 g/mol. The van der Waals surface area contributed by atoms with Gasteiger partial charge in [-0.25, -0.2) is 19.1 Å². The molecule has 0 fully saturated rings. The first-order valence-electron chi connectivity index (χ1n) is 6.83. The number of amides is 1. The second-order valence-electron chi connectivity index (χ2n) is 4.98. The van der Waals surface area contributed by atoms with E-state index in [0.29, 0.717) is 17.2 Å². The number of aromatic nitrogens is 3. The van der Waals surface area contributed by atoms with E-state index in [1.165, 1.54) is 8.97 Å². The first kappa shape index (κ1) is 15.3. The molecule has 0 aliphatic heterocycles. The lowest BCUT2D eigenvalue weighted by atomic mass is 10.2. The summed E-state index contributed by atoms with van der Waals surface area (Å²) >= 11 is 3.32. The first-order chi connectivity index (χ1) is 11.0. The molecule has 0 radical (unpaired) electrons. The SMILES string of the molecule is CC(NC(=O)O)c1nc2cc(Br)cn2c(=O)n1-c1ccccc1. The number of rotatable bonds is 3. The average Bonchev–Trinajstić information content (AvgIpc) is 2.88. The van der Waals surface area contributed by atoms with Crippen LogP contribution in [0.25, 0.3) is 11.3 Å². The molecule has 1 unspecified atom stereocenters. The van der Waals surface area contributed by atoms with Crippen LogP contribution in [0.15, 0.2) is 51.9 Å². The number of fused-ring (bicyclic) bond motifs is 1. The number of hydrogen-bond acceptors (Lipinski definition) is 3. The zero-order valence-corrected chi connectivity index (χ0v) is 13.7. The van der Waals surface area contributed by atoms with Gasteiger partial charge in [-0.1, -0.05) is 18.2 Å². The van der Waals surface area contributed by atoms with Gasteiger partial charge in [0.2, 0.25) is 0 Å². The standard InChI is InChI=1S/C15H13BrN4O3/c1-9(17-14(21)22)13-18-12-7-10(16)8-19(12)15(23)20(13)11-5-3-2-4-6-11/h2-9,17H,1H3,(H,21,22). The zero-order chi connectivity index (χ0) is 16.6. The predicted octanol–water partition coefficient (Wildman–Crippen LogP) is 2.58. The van der Waals surface area contributed by atoms with Gasteiger partial charge in [0.05, 0.1) is 11.7 Å². The summed E-state index contributed by atoms with van der Waals surface area (Å²) in [7, 11) is 0. The third-order valence-electron chi connectivity index (χ3n) is 3.36. The van der Waals surface area contributed by atoms with Gasteiger partial charge in [0.1, 0.15) is 11.5 Å². The molecule has 0 spiro atoms. The largest absolute Gasteiger partial charge is 0.465 e. The van der Waals surface area contributed by atoms with Crippen molar-refractivity contribution < 1.29 is 9.90 Å². The van der Waals surface area contributed by atoms with Gasteiger partial charge < -0.3 is 10.4 Å². The van der Waals surface area contributed by atoms with Crippen molar-refractivity contribution in [3.8, 4) is 5.69 Å². The van der Waals surface area contributed by atoms with Gasteiger partial charge in [0, 0.05) is 10.7 Å². The lowest BCUT2D eigenvalue weighted by molar-refractivity contribution is 0.190. The number of benzene rings is 1. The normalized spacial score (nSPS) is 12.3. The molecule has 0 aliphatic rings. The highest BCUT2D eigenvalue weighted by Crippen LogP contribution is 2.18. The van der Waals surface area contributed by atoms with E-state index >= 15 is 0 Å². The Morgan fingerprint density at radius 1 is 1.35 bits per heavy atom. The van der Waals surface area contributed by atoms with Crippen LogP contribution in [-0.2, 0) is 0 Å². The Morgan fingerprint density at radius 3 is 2.70 bits per heavy atom. The van der Waals surface area contributed by atoms with E-state index in [0.717, 1.165) is 4.47 Å². The lowest BCUT2D eigenvalue weighted by Crippen LogP contribution is -2.34. The summed E-state index contributed by atoms with van der Waals surface area (Å²) in [6.45, 7) is 1.64. The minimum atomic E-state index is -1.18. The van der Waals surface area contributed by atoms with Gasteiger partial charge in [0.25, 0.3) is 0 Å². The molecule has 1 amide bonds. The van der Waals surface area contributed by atoms with E-state index < -0.39 is 12.1 Å². The van der Waals surface area contributed by atoms with Crippen molar-refractivity contribution in [2.45, 2.75) is 13.0 Å². The number of halogens is 1. The Balaban J connectivity index is 2.31. The maximum Gasteiger partial charge on any atom is 0.405 e. The number of carbonyl (C=O) groups is 1. The summed E-state index contributed by atoms with van der Waals surface area (Å²) in [4.78, 5) is 28.2. The van der Waals surface area contributed by atoms with E-state index in [2.05, 4.69) is 26.2 Å². The topological polar surface area (TPSA) is 88.6 Å². The van der Waals surface area contributed by atoms with Crippen molar-refractivity contribution in [1.29, 1.82) is 0 Å². The second kappa shape index (κ2) is 5.88. The molecule has 1 aromatic carbocycles. The predicted molar refractivity (Wildman–Crippen MR) is 88.1 cm³/mol. The van der Waals surface area contributed by atoms with Crippen LogP contribution in [0.1, 0.15) is 18.8 Å². The minimum absolute atomic E-state index is 0.319. The molecule has 7 nitrogen and oxygen atoms in total. The van der Waals surface area contributed by atoms with E-state index in [-0.39, 0.29) is 5.69 Å². The Labute approximate surface area is 139 Å².